The largest absolute Gasteiger partial charge is 0.438 e. The van der Waals surface area contributed by atoms with E-state index in [9.17, 15) is 0 Å². The Morgan fingerprint density at radius 3 is 2.52 bits per heavy atom. The van der Waals surface area contributed by atoms with Crippen molar-refractivity contribution in [1.82, 2.24) is 9.97 Å². The third-order valence-corrected chi connectivity index (χ3v) is 3.44. The van der Waals surface area contributed by atoms with Gasteiger partial charge in [0.15, 0.2) is 0 Å². The summed E-state index contributed by atoms with van der Waals surface area (Å²) >= 11 is 3.48. The molecule has 0 saturated heterocycles. The highest BCUT2D eigenvalue weighted by Gasteiger charge is 2.20. The Balaban J connectivity index is 2.38. The molecule has 1 N–H and O–H groups in total. The monoisotopic (exact) mass is 349 g/mol. The summed E-state index contributed by atoms with van der Waals surface area (Å²) in [5.41, 5.74) is -0.141. The molecule has 0 aliphatic carbocycles. The molecule has 0 aliphatic rings. The number of nitrogens with one attached hydrogen (secondary N) is 1. The second-order valence-electron chi connectivity index (χ2n) is 5.73. The van der Waals surface area contributed by atoms with Crippen LogP contribution in [0.1, 0.15) is 33.5 Å². The number of rotatable bonds is 4. The maximum atomic E-state index is 5.89. The van der Waals surface area contributed by atoms with E-state index in [2.05, 4.69) is 52.0 Å². The Bertz CT molecular complexity index is 623. The van der Waals surface area contributed by atoms with E-state index in [1.165, 1.54) is 0 Å². The summed E-state index contributed by atoms with van der Waals surface area (Å²) in [5, 5.41) is 3.22. The molecule has 1 aromatic heterocycles. The van der Waals surface area contributed by atoms with Gasteiger partial charge in [0, 0.05) is 18.0 Å². The molecule has 0 aliphatic heterocycles. The molecule has 0 bridgehead atoms. The lowest BCUT2D eigenvalue weighted by atomic mass is 9.96. The van der Waals surface area contributed by atoms with Crippen LogP contribution in [0.4, 0.5) is 5.82 Å². The topological polar surface area (TPSA) is 47.0 Å². The van der Waals surface area contributed by atoms with Crippen molar-refractivity contribution in [2.75, 3.05) is 11.9 Å². The van der Waals surface area contributed by atoms with Gasteiger partial charge in [-0.05, 0) is 35.0 Å². The fourth-order valence-electron chi connectivity index (χ4n) is 1.72. The molecule has 2 aromatic rings. The van der Waals surface area contributed by atoms with Crippen LogP contribution in [0, 0.1) is 0 Å². The maximum absolute atomic E-state index is 5.89. The van der Waals surface area contributed by atoms with Crippen LogP contribution in [-0.4, -0.2) is 16.5 Å². The van der Waals surface area contributed by atoms with Gasteiger partial charge in [0.25, 0.3) is 0 Å². The van der Waals surface area contributed by atoms with Crippen LogP contribution in [0.15, 0.2) is 34.8 Å². The number of halogens is 1. The van der Waals surface area contributed by atoms with E-state index >= 15 is 0 Å². The van der Waals surface area contributed by atoms with Gasteiger partial charge in [0.2, 0.25) is 5.88 Å². The number of ether oxygens (including phenoxy) is 1. The molecule has 21 heavy (non-hydrogen) atoms. The zero-order valence-electron chi connectivity index (χ0n) is 12.8. The fraction of sp³-hybridized carbons (Fsp3) is 0.375. The van der Waals surface area contributed by atoms with Gasteiger partial charge in [-0.3, -0.25) is 0 Å². The first-order valence-electron chi connectivity index (χ1n) is 6.96. The van der Waals surface area contributed by atoms with Gasteiger partial charge in [-0.1, -0.05) is 32.9 Å². The summed E-state index contributed by atoms with van der Waals surface area (Å²) in [6, 6.07) is 9.53. The third-order valence-electron chi connectivity index (χ3n) is 2.78. The molecule has 5 heteroatoms. The Morgan fingerprint density at radius 1 is 1.19 bits per heavy atom. The van der Waals surface area contributed by atoms with E-state index in [1.807, 2.05) is 37.3 Å². The first kappa shape index (κ1) is 15.8. The minimum atomic E-state index is -0.141. The molecule has 1 heterocycles. The SMILES string of the molecule is CCNc1cc(Oc2ccccc2Br)nc(C(C)(C)C)n1. The van der Waals surface area contributed by atoms with Crippen molar-refractivity contribution in [2.45, 2.75) is 33.1 Å². The average Bonchev–Trinajstić information content (AvgIpc) is 2.41. The van der Waals surface area contributed by atoms with Crippen molar-refractivity contribution in [3.05, 3.63) is 40.6 Å². The molecule has 0 radical (unpaired) electrons. The van der Waals surface area contributed by atoms with E-state index < -0.39 is 0 Å². The molecule has 1 aromatic carbocycles. The van der Waals surface area contributed by atoms with Crippen LogP contribution < -0.4 is 10.1 Å². The number of hydrogen-bond donors (Lipinski definition) is 1. The van der Waals surface area contributed by atoms with Gasteiger partial charge in [-0.2, -0.15) is 4.98 Å². The van der Waals surface area contributed by atoms with Gasteiger partial charge >= 0.3 is 0 Å². The normalized spacial score (nSPS) is 11.3. The Morgan fingerprint density at radius 2 is 1.90 bits per heavy atom. The standard InChI is InChI=1S/C16H20BrN3O/c1-5-18-13-10-14(20-15(19-13)16(2,3)4)21-12-9-7-6-8-11(12)17/h6-10H,5H2,1-4H3,(H,18,19,20). The molecule has 0 unspecified atom stereocenters. The summed E-state index contributed by atoms with van der Waals surface area (Å²) in [6.07, 6.45) is 0. The lowest BCUT2D eigenvalue weighted by Crippen LogP contribution is -2.17. The van der Waals surface area contributed by atoms with E-state index in [-0.39, 0.29) is 5.41 Å². The summed E-state index contributed by atoms with van der Waals surface area (Å²) < 4.78 is 6.79. The van der Waals surface area contributed by atoms with Crippen LogP contribution in [0.5, 0.6) is 11.6 Å². The van der Waals surface area contributed by atoms with Crippen LogP contribution in [0.2, 0.25) is 0 Å². The van der Waals surface area contributed by atoms with Crippen LogP contribution in [0.3, 0.4) is 0 Å². The molecule has 0 saturated carbocycles. The highest BCUT2D eigenvalue weighted by Crippen LogP contribution is 2.30. The summed E-state index contributed by atoms with van der Waals surface area (Å²) in [7, 11) is 0. The van der Waals surface area contributed by atoms with Gasteiger partial charge in [0.05, 0.1) is 4.47 Å². The number of para-hydroxylation sites is 1. The van der Waals surface area contributed by atoms with Crippen LogP contribution >= 0.6 is 15.9 Å². The lowest BCUT2D eigenvalue weighted by Gasteiger charge is -2.19. The summed E-state index contributed by atoms with van der Waals surface area (Å²) in [5.74, 6) is 2.80. The molecular weight excluding hydrogens is 330 g/mol. The molecule has 0 atom stereocenters. The van der Waals surface area contributed by atoms with Crippen molar-refractivity contribution in [1.29, 1.82) is 0 Å². The Hall–Kier alpha value is -1.62. The van der Waals surface area contributed by atoms with Crippen molar-refractivity contribution in [3.8, 4) is 11.6 Å². The minimum Gasteiger partial charge on any atom is -0.438 e. The summed E-state index contributed by atoms with van der Waals surface area (Å²) in [6.45, 7) is 9.09. The Labute approximate surface area is 134 Å². The minimum absolute atomic E-state index is 0.141. The second-order valence-corrected chi connectivity index (χ2v) is 6.58. The molecule has 0 fully saturated rings. The van der Waals surface area contributed by atoms with Gasteiger partial charge in [0.1, 0.15) is 17.4 Å². The van der Waals surface area contributed by atoms with E-state index in [4.69, 9.17) is 4.74 Å². The van der Waals surface area contributed by atoms with Crippen LogP contribution in [0.25, 0.3) is 0 Å². The number of nitrogens with zero attached hydrogens (tertiary/aromatic N) is 2. The smallest absolute Gasteiger partial charge is 0.224 e. The highest BCUT2D eigenvalue weighted by atomic mass is 79.9. The first-order chi connectivity index (χ1) is 9.90. The molecule has 2 rings (SSSR count). The molecule has 4 nitrogen and oxygen atoms in total. The zero-order valence-corrected chi connectivity index (χ0v) is 14.4. The molecule has 0 amide bonds. The quantitative estimate of drug-likeness (QED) is 0.864. The van der Waals surface area contributed by atoms with E-state index in [0.29, 0.717) is 5.88 Å². The van der Waals surface area contributed by atoms with Gasteiger partial charge in [-0.15, -0.1) is 0 Å². The molecule has 0 spiro atoms. The predicted molar refractivity (Wildman–Crippen MR) is 89.1 cm³/mol. The lowest BCUT2D eigenvalue weighted by molar-refractivity contribution is 0.444. The molecule has 112 valence electrons. The number of benzene rings is 1. The Kier molecular flexibility index (Phi) is 4.83. The predicted octanol–water partition coefficient (Wildman–Crippen LogP) is 4.76. The fourth-order valence-corrected chi connectivity index (χ4v) is 2.09. The van der Waals surface area contributed by atoms with Crippen molar-refractivity contribution >= 4 is 21.7 Å². The van der Waals surface area contributed by atoms with Crippen LogP contribution in [-0.2, 0) is 5.41 Å². The second kappa shape index (κ2) is 6.43. The average molecular weight is 350 g/mol. The van der Waals surface area contributed by atoms with Gasteiger partial charge in [-0.25, -0.2) is 4.98 Å². The number of anilines is 1. The van der Waals surface area contributed by atoms with E-state index in [0.717, 1.165) is 28.4 Å². The number of aromatic nitrogens is 2. The number of hydrogen-bond acceptors (Lipinski definition) is 4. The van der Waals surface area contributed by atoms with Crippen molar-refractivity contribution < 1.29 is 4.74 Å². The summed E-state index contributed by atoms with van der Waals surface area (Å²) in [4.78, 5) is 9.07. The highest BCUT2D eigenvalue weighted by molar-refractivity contribution is 9.10. The zero-order chi connectivity index (χ0) is 15.5. The van der Waals surface area contributed by atoms with Crippen molar-refractivity contribution in [2.24, 2.45) is 0 Å². The maximum Gasteiger partial charge on any atom is 0.224 e. The molecular formula is C16H20BrN3O. The van der Waals surface area contributed by atoms with Crippen molar-refractivity contribution in [3.63, 3.8) is 0 Å². The third kappa shape index (κ3) is 4.17. The van der Waals surface area contributed by atoms with Gasteiger partial charge < -0.3 is 10.1 Å². The first-order valence-corrected chi connectivity index (χ1v) is 7.75. The van der Waals surface area contributed by atoms with E-state index in [1.54, 1.807) is 0 Å².